The molecular weight excluding hydrogens is 354 g/mol. The number of nitrogens with one attached hydrogen (secondary N) is 2. The highest BCUT2D eigenvalue weighted by atomic mass is 16.5. The van der Waals surface area contributed by atoms with Gasteiger partial charge in [-0.3, -0.25) is 14.8 Å². The van der Waals surface area contributed by atoms with Crippen LogP contribution >= 0.6 is 0 Å². The first-order valence-electron chi connectivity index (χ1n) is 8.40. The summed E-state index contributed by atoms with van der Waals surface area (Å²) in [5.41, 5.74) is 5.16. The Bertz CT molecular complexity index is 1000. The van der Waals surface area contributed by atoms with Crippen LogP contribution in [0.5, 0.6) is 11.6 Å². The summed E-state index contributed by atoms with van der Waals surface area (Å²) in [4.78, 5) is 41.1. The highest BCUT2D eigenvalue weighted by Crippen LogP contribution is 2.39. The van der Waals surface area contributed by atoms with E-state index in [0.29, 0.717) is 17.9 Å². The number of benzene rings is 1. The summed E-state index contributed by atoms with van der Waals surface area (Å²) >= 11 is 0. The summed E-state index contributed by atoms with van der Waals surface area (Å²) in [6, 6.07) is 6.85. The van der Waals surface area contributed by atoms with Crippen LogP contribution in [0.15, 0.2) is 45.3 Å². The maximum Gasteiger partial charge on any atom is 0.340 e. The third-order valence-corrected chi connectivity index (χ3v) is 4.02. The molecule has 1 aliphatic rings. The Morgan fingerprint density at radius 3 is 2.48 bits per heavy atom. The highest BCUT2D eigenvalue weighted by molar-refractivity contribution is 5.92. The molecule has 1 aromatic heterocycles. The quantitative estimate of drug-likeness (QED) is 0.657. The lowest BCUT2D eigenvalue weighted by Crippen LogP contribution is -2.35. The topological polar surface area (TPSA) is 136 Å². The van der Waals surface area contributed by atoms with Gasteiger partial charge >= 0.3 is 11.7 Å². The Labute approximate surface area is 153 Å². The zero-order valence-corrected chi connectivity index (χ0v) is 14.8. The van der Waals surface area contributed by atoms with Crippen LogP contribution in [0.2, 0.25) is 0 Å². The second kappa shape index (κ2) is 7.40. The van der Waals surface area contributed by atoms with Gasteiger partial charge in [0.15, 0.2) is 0 Å². The van der Waals surface area contributed by atoms with Gasteiger partial charge in [0, 0.05) is 0 Å². The molecule has 1 aromatic carbocycles. The Kier molecular flexibility index (Phi) is 5.02. The van der Waals surface area contributed by atoms with Crippen molar-refractivity contribution in [3.63, 3.8) is 0 Å². The van der Waals surface area contributed by atoms with Crippen molar-refractivity contribution in [2.75, 3.05) is 13.2 Å². The first kappa shape index (κ1) is 18.3. The lowest BCUT2D eigenvalue weighted by molar-refractivity contribution is -0.139. The first-order valence-corrected chi connectivity index (χ1v) is 8.40. The van der Waals surface area contributed by atoms with Gasteiger partial charge in [-0.15, -0.1) is 0 Å². The number of carbonyl (C=O) groups excluding carboxylic acids is 1. The molecular formula is C18H19N3O6. The third kappa shape index (κ3) is 3.43. The van der Waals surface area contributed by atoms with Gasteiger partial charge in [0.1, 0.15) is 11.3 Å². The van der Waals surface area contributed by atoms with E-state index in [1.54, 1.807) is 31.2 Å². The number of ether oxygens (including phenoxy) is 3. The predicted octanol–water partition coefficient (Wildman–Crippen LogP) is 0.720. The average Bonchev–Trinajstić information content (AvgIpc) is 2.61. The lowest BCUT2D eigenvalue weighted by Gasteiger charge is -2.27. The molecule has 2 aromatic rings. The number of aromatic nitrogens is 2. The van der Waals surface area contributed by atoms with Gasteiger partial charge in [-0.05, 0) is 31.5 Å². The largest absolute Gasteiger partial charge is 0.494 e. The normalized spacial score (nSPS) is 15.7. The van der Waals surface area contributed by atoms with E-state index in [-0.39, 0.29) is 29.5 Å². The minimum absolute atomic E-state index is 0.00828. The van der Waals surface area contributed by atoms with E-state index in [4.69, 9.17) is 19.9 Å². The Morgan fingerprint density at radius 1 is 1.15 bits per heavy atom. The van der Waals surface area contributed by atoms with Crippen LogP contribution in [0.3, 0.4) is 0 Å². The molecule has 0 saturated heterocycles. The molecule has 4 N–H and O–H groups in total. The van der Waals surface area contributed by atoms with Crippen LogP contribution in [0.25, 0.3) is 0 Å². The minimum atomic E-state index is -0.871. The lowest BCUT2D eigenvalue weighted by atomic mass is 9.84. The molecule has 3 rings (SSSR count). The number of carbonyl (C=O) groups is 1. The van der Waals surface area contributed by atoms with Gasteiger partial charge in [-0.2, -0.15) is 0 Å². The number of esters is 1. The first-order chi connectivity index (χ1) is 13.0. The standard InChI is InChI=1S/C18H19N3O6/c1-3-25-10-7-5-9(6-8-10)11-12(17(23)26-4-2)14(19)27-16-13(11)15(22)20-18(24)21-16/h5-8,11H,3-4,19H2,1-2H3,(H2,20,21,22,24). The summed E-state index contributed by atoms with van der Waals surface area (Å²) < 4.78 is 15.8. The van der Waals surface area contributed by atoms with Crippen molar-refractivity contribution in [2.45, 2.75) is 19.8 Å². The minimum Gasteiger partial charge on any atom is -0.494 e. The molecule has 0 radical (unpaired) electrons. The molecule has 142 valence electrons. The number of H-pyrrole nitrogens is 2. The van der Waals surface area contributed by atoms with Crippen LogP contribution in [0.1, 0.15) is 30.9 Å². The maximum atomic E-state index is 12.5. The molecule has 2 heterocycles. The molecule has 0 aliphatic carbocycles. The second-order valence-corrected chi connectivity index (χ2v) is 5.69. The van der Waals surface area contributed by atoms with Crippen molar-refractivity contribution in [1.82, 2.24) is 9.97 Å². The van der Waals surface area contributed by atoms with Gasteiger partial charge in [-0.1, -0.05) is 12.1 Å². The third-order valence-electron chi connectivity index (χ3n) is 4.02. The fourth-order valence-electron chi connectivity index (χ4n) is 2.95. The summed E-state index contributed by atoms with van der Waals surface area (Å²) in [6.45, 7) is 4.14. The van der Waals surface area contributed by atoms with Gasteiger partial charge < -0.3 is 19.9 Å². The zero-order valence-electron chi connectivity index (χ0n) is 14.8. The van der Waals surface area contributed by atoms with Crippen molar-refractivity contribution < 1.29 is 19.0 Å². The van der Waals surface area contributed by atoms with Gasteiger partial charge in [0.2, 0.25) is 11.8 Å². The molecule has 0 spiro atoms. The Morgan fingerprint density at radius 2 is 1.85 bits per heavy atom. The Balaban J connectivity index is 2.20. The van der Waals surface area contributed by atoms with Crippen LogP contribution < -0.4 is 26.5 Å². The molecule has 9 nitrogen and oxygen atoms in total. The van der Waals surface area contributed by atoms with Crippen molar-refractivity contribution in [2.24, 2.45) is 5.73 Å². The summed E-state index contributed by atoms with van der Waals surface area (Å²) in [7, 11) is 0. The number of nitrogens with two attached hydrogens (primary N) is 1. The SMILES string of the molecule is CCOC(=O)C1=C(N)Oc2[nH]c(=O)[nH]c(=O)c2C1c1ccc(OCC)cc1. The molecule has 9 heteroatoms. The van der Waals surface area contributed by atoms with Crippen LogP contribution in [-0.2, 0) is 9.53 Å². The van der Waals surface area contributed by atoms with Crippen molar-refractivity contribution in [3.05, 3.63) is 67.7 Å². The Hall–Kier alpha value is -3.49. The predicted molar refractivity (Wildman–Crippen MR) is 95.6 cm³/mol. The van der Waals surface area contributed by atoms with Gasteiger partial charge in [0.05, 0.1) is 24.7 Å². The molecule has 0 saturated carbocycles. The van der Waals surface area contributed by atoms with E-state index in [9.17, 15) is 14.4 Å². The summed E-state index contributed by atoms with van der Waals surface area (Å²) in [5.74, 6) is -1.28. The number of hydrogen-bond acceptors (Lipinski definition) is 7. The van der Waals surface area contributed by atoms with Gasteiger partial charge in [0.25, 0.3) is 5.56 Å². The fraction of sp³-hybridized carbons (Fsp3) is 0.278. The van der Waals surface area contributed by atoms with E-state index >= 15 is 0 Å². The molecule has 1 atom stereocenters. The molecule has 0 fully saturated rings. The van der Waals surface area contributed by atoms with E-state index in [1.807, 2.05) is 6.92 Å². The molecule has 0 amide bonds. The maximum absolute atomic E-state index is 12.5. The van der Waals surface area contributed by atoms with Crippen LogP contribution in [0, 0.1) is 0 Å². The van der Waals surface area contributed by atoms with Crippen molar-refractivity contribution >= 4 is 5.97 Å². The molecule has 0 bridgehead atoms. The molecule has 1 unspecified atom stereocenters. The number of rotatable bonds is 5. The fourth-order valence-corrected chi connectivity index (χ4v) is 2.95. The van der Waals surface area contributed by atoms with E-state index in [0.717, 1.165) is 0 Å². The van der Waals surface area contributed by atoms with E-state index < -0.39 is 23.1 Å². The summed E-state index contributed by atoms with van der Waals surface area (Å²) in [6.07, 6.45) is 0. The zero-order chi connectivity index (χ0) is 19.6. The van der Waals surface area contributed by atoms with Gasteiger partial charge in [-0.25, -0.2) is 9.59 Å². The van der Waals surface area contributed by atoms with E-state index in [2.05, 4.69) is 9.97 Å². The number of aromatic amines is 2. The van der Waals surface area contributed by atoms with Crippen molar-refractivity contribution in [1.29, 1.82) is 0 Å². The monoisotopic (exact) mass is 373 g/mol. The van der Waals surface area contributed by atoms with Crippen molar-refractivity contribution in [3.8, 4) is 11.6 Å². The van der Waals surface area contributed by atoms with Crippen LogP contribution in [0.4, 0.5) is 0 Å². The molecule has 1 aliphatic heterocycles. The highest BCUT2D eigenvalue weighted by Gasteiger charge is 2.38. The average molecular weight is 373 g/mol. The second-order valence-electron chi connectivity index (χ2n) is 5.69. The molecule has 27 heavy (non-hydrogen) atoms. The van der Waals surface area contributed by atoms with E-state index in [1.165, 1.54) is 0 Å². The number of hydrogen-bond donors (Lipinski definition) is 3. The summed E-state index contributed by atoms with van der Waals surface area (Å²) in [5, 5.41) is 0. The van der Waals surface area contributed by atoms with Crippen LogP contribution in [-0.4, -0.2) is 29.2 Å². The smallest absolute Gasteiger partial charge is 0.340 e. The number of fused-ring (bicyclic) bond motifs is 1.